The molecule has 2 nitrogen and oxygen atoms in total. The minimum absolute atomic E-state index is 0.0313. The van der Waals surface area contributed by atoms with Crippen LogP contribution in [0.15, 0.2) is 24.3 Å². The Balaban J connectivity index is 2.00. The van der Waals surface area contributed by atoms with Gasteiger partial charge >= 0.3 is 5.97 Å². The second-order valence-corrected chi connectivity index (χ2v) is 4.80. The third-order valence-corrected chi connectivity index (χ3v) is 3.72. The van der Waals surface area contributed by atoms with E-state index >= 15 is 0 Å². The molecular weight excluding hydrogens is 212 g/mol. The van der Waals surface area contributed by atoms with Crippen LogP contribution >= 0.6 is 11.6 Å². The molecule has 3 heteroatoms. The predicted molar refractivity (Wildman–Crippen MR) is 56.6 cm³/mol. The molecule has 1 aromatic carbocycles. The van der Waals surface area contributed by atoms with E-state index in [9.17, 15) is 4.79 Å². The topological polar surface area (TPSA) is 26.3 Å². The molecule has 0 radical (unpaired) electrons. The maximum absolute atomic E-state index is 11.4. The monoisotopic (exact) mass is 222 g/mol. The van der Waals surface area contributed by atoms with Crippen molar-refractivity contribution in [1.82, 2.24) is 0 Å². The van der Waals surface area contributed by atoms with Gasteiger partial charge in [-0.15, -0.1) is 0 Å². The summed E-state index contributed by atoms with van der Waals surface area (Å²) in [5.41, 5.74) is 0.743. The Morgan fingerprint density at radius 2 is 2.07 bits per heavy atom. The van der Waals surface area contributed by atoms with Crippen LogP contribution in [0, 0.1) is 5.92 Å². The summed E-state index contributed by atoms with van der Waals surface area (Å²) in [6, 6.07) is 7.63. The number of carbonyl (C=O) groups excluding carboxylic acids is 1. The van der Waals surface area contributed by atoms with E-state index in [4.69, 9.17) is 16.3 Å². The molecule has 1 aliphatic heterocycles. The lowest BCUT2D eigenvalue weighted by Crippen LogP contribution is -2.25. The second kappa shape index (κ2) is 2.99. The summed E-state index contributed by atoms with van der Waals surface area (Å²) in [4.78, 5) is 11.4. The molecule has 1 saturated heterocycles. The van der Waals surface area contributed by atoms with Crippen LogP contribution in [-0.4, -0.2) is 5.97 Å². The van der Waals surface area contributed by atoms with E-state index in [1.807, 2.05) is 24.3 Å². The average Bonchev–Trinajstić information content (AvgIpc) is 2.76. The summed E-state index contributed by atoms with van der Waals surface area (Å²) >= 11 is 5.84. The van der Waals surface area contributed by atoms with Crippen molar-refractivity contribution in [3.8, 4) is 0 Å². The minimum atomic E-state index is -0.341. The molecule has 1 aliphatic carbocycles. The smallest absolute Gasteiger partial charge is 0.309 e. The zero-order chi connectivity index (χ0) is 10.5. The standard InChI is InChI=1S/C12H11ClO2/c13-10-3-1-9(2-4-10)12-6-5-8(7-12)11(14)15-12/h1-4,8H,5-7H2/t8-,12+/m0/s1. The zero-order valence-corrected chi connectivity index (χ0v) is 8.96. The molecule has 2 atom stereocenters. The SMILES string of the molecule is O=C1O[C@]2(c3ccc(Cl)cc3)CC[C@H]1C2. The van der Waals surface area contributed by atoms with Gasteiger partial charge in [-0.2, -0.15) is 0 Å². The molecule has 2 bridgehead atoms. The Morgan fingerprint density at radius 1 is 1.33 bits per heavy atom. The molecule has 1 heterocycles. The van der Waals surface area contributed by atoms with Gasteiger partial charge in [-0.1, -0.05) is 23.7 Å². The van der Waals surface area contributed by atoms with Gasteiger partial charge in [-0.3, -0.25) is 4.79 Å². The lowest BCUT2D eigenvalue weighted by atomic mass is 9.92. The molecule has 15 heavy (non-hydrogen) atoms. The molecule has 3 rings (SSSR count). The fourth-order valence-electron chi connectivity index (χ4n) is 2.65. The van der Waals surface area contributed by atoms with E-state index in [2.05, 4.69) is 0 Å². The Morgan fingerprint density at radius 3 is 2.60 bits per heavy atom. The van der Waals surface area contributed by atoms with Gasteiger partial charge in [0.2, 0.25) is 0 Å². The molecule has 0 unspecified atom stereocenters. The van der Waals surface area contributed by atoms with Gasteiger partial charge in [-0.05, 0) is 30.5 Å². The molecule has 0 N–H and O–H groups in total. The predicted octanol–water partition coefficient (Wildman–Crippen LogP) is 2.89. The molecule has 0 amide bonds. The third kappa shape index (κ3) is 1.28. The number of benzene rings is 1. The average molecular weight is 223 g/mol. The minimum Gasteiger partial charge on any atom is -0.454 e. The van der Waals surface area contributed by atoms with Gasteiger partial charge in [0.15, 0.2) is 0 Å². The summed E-state index contributed by atoms with van der Waals surface area (Å²) in [5.74, 6) is 0.0943. The first kappa shape index (κ1) is 9.22. The first-order valence-electron chi connectivity index (χ1n) is 5.19. The van der Waals surface area contributed by atoms with Crippen LogP contribution in [0.5, 0.6) is 0 Å². The number of ether oxygens (including phenoxy) is 1. The second-order valence-electron chi connectivity index (χ2n) is 4.36. The van der Waals surface area contributed by atoms with Gasteiger partial charge < -0.3 is 4.74 Å². The van der Waals surface area contributed by atoms with Crippen LogP contribution in [0.3, 0.4) is 0 Å². The molecule has 0 aromatic heterocycles. The summed E-state index contributed by atoms with van der Waals surface area (Å²) in [6.45, 7) is 0. The van der Waals surface area contributed by atoms with Crippen molar-refractivity contribution in [2.45, 2.75) is 24.9 Å². The number of fused-ring (bicyclic) bond motifs is 2. The van der Waals surface area contributed by atoms with Crippen molar-refractivity contribution in [3.05, 3.63) is 34.9 Å². The van der Waals surface area contributed by atoms with Crippen molar-refractivity contribution in [2.24, 2.45) is 5.92 Å². The number of rotatable bonds is 1. The van der Waals surface area contributed by atoms with E-state index in [-0.39, 0.29) is 17.5 Å². The van der Waals surface area contributed by atoms with Crippen molar-refractivity contribution in [3.63, 3.8) is 0 Å². The van der Waals surface area contributed by atoms with E-state index in [1.165, 1.54) is 0 Å². The Bertz CT molecular complexity index is 412. The molecular formula is C12H11ClO2. The fourth-order valence-corrected chi connectivity index (χ4v) is 2.78. The van der Waals surface area contributed by atoms with Gasteiger partial charge in [0.05, 0.1) is 5.92 Å². The van der Waals surface area contributed by atoms with Gasteiger partial charge in [0.1, 0.15) is 5.60 Å². The molecule has 0 spiro atoms. The van der Waals surface area contributed by atoms with E-state index in [0.29, 0.717) is 5.02 Å². The molecule has 2 aliphatic rings. The molecule has 1 saturated carbocycles. The van der Waals surface area contributed by atoms with E-state index in [0.717, 1.165) is 24.8 Å². The number of esters is 1. The van der Waals surface area contributed by atoms with Crippen LogP contribution in [0.25, 0.3) is 0 Å². The normalized spacial score (nSPS) is 33.1. The Labute approximate surface area is 93.2 Å². The van der Waals surface area contributed by atoms with Crippen molar-refractivity contribution in [1.29, 1.82) is 0 Å². The molecule has 1 aromatic rings. The van der Waals surface area contributed by atoms with Gasteiger partial charge in [0.25, 0.3) is 0 Å². The summed E-state index contributed by atoms with van der Waals surface area (Å²) in [5, 5.41) is 0.717. The lowest BCUT2D eigenvalue weighted by molar-refractivity contribution is -0.156. The Hall–Kier alpha value is -1.02. The van der Waals surface area contributed by atoms with Crippen molar-refractivity contribution in [2.75, 3.05) is 0 Å². The van der Waals surface area contributed by atoms with Crippen LogP contribution < -0.4 is 0 Å². The zero-order valence-electron chi connectivity index (χ0n) is 8.20. The first-order chi connectivity index (χ1) is 7.20. The third-order valence-electron chi connectivity index (χ3n) is 3.47. The summed E-state index contributed by atoms with van der Waals surface area (Å²) in [6.07, 6.45) is 2.75. The largest absolute Gasteiger partial charge is 0.454 e. The van der Waals surface area contributed by atoms with Gasteiger partial charge in [0, 0.05) is 11.4 Å². The van der Waals surface area contributed by atoms with Gasteiger partial charge in [-0.25, -0.2) is 0 Å². The van der Waals surface area contributed by atoms with E-state index < -0.39 is 0 Å². The fraction of sp³-hybridized carbons (Fsp3) is 0.417. The van der Waals surface area contributed by atoms with Crippen LogP contribution in [0.1, 0.15) is 24.8 Å². The van der Waals surface area contributed by atoms with Crippen molar-refractivity contribution >= 4 is 17.6 Å². The van der Waals surface area contributed by atoms with Crippen LogP contribution in [0.4, 0.5) is 0 Å². The summed E-state index contributed by atoms with van der Waals surface area (Å²) < 4.78 is 5.49. The van der Waals surface area contributed by atoms with E-state index in [1.54, 1.807) is 0 Å². The highest BCUT2D eigenvalue weighted by atomic mass is 35.5. The maximum Gasteiger partial charge on any atom is 0.309 e. The van der Waals surface area contributed by atoms with Crippen molar-refractivity contribution < 1.29 is 9.53 Å². The highest BCUT2D eigenvalue weighted by Gasteiger charge is 2.53. The number of halogens is 1. The Kier molecular flexibility index (Phi) is 1.84. The first-order valence-corrected chi connectivity index (χ1v) is 5.56. The molecule has 78 valence electrons. The quantitative estimate of drug-likeness (QED) is 0.683. The highest BCUT2D eigenvalue weighted by Crippen LogP contribution is 2.51. The summed E-state index contributed by atoms with van der Waals surface area (Å²) in [7, 11) is 0. The number of hydrogen-bond donors (Lipinski definition) is 0. The van der Waals surface area contributed by atoms with Crippen LogP contribution in [0.2, 0.25) is 5.02 Å². The van der Waals surface area contributed by atoms with Crippen LogP contribution in [-0.2, 0) is 15.1 Å². The number of carbonyl (C=O) groups is 1. The highest BCUT2D eigenvalue weighted by molar-refractivity contribution is 6.30. The maximum atomic E-state index is 11.4. The lowest BCUT2D eigenvalue weighted by Gasteiger charge is -2.26. The molecule has 2 fully saturated rings. The number of hydrogen-bond acceptors (Lipinski definition) is 2.